The number of aromatic nitrogens is 1. The van der Waals surface area contributed by atoms with E-state index < -0.39 is 0 Å². The Labute approximate surface area is 104 Å². The SMILES string of the molecule is CCN(Cc1ccccn1)C1(CN)CCCC1. The van der Waals surface area contributed by atoms with Crippen LogP contribution in [-0.2, 0) is 6.54 Å². The molecule has 0 saturated heterocycles. The maximum atomic E-state index is 6.04. The summed E-state index contributed by atoms with van der Waals surface area (Å²) in [5.74, 6) is 0. The monoisotopic (exact) mass is 233 g/mol. The zero-order valence-electron chi connectivity index (χ0n) is 10.7. The van der Waals surface area contributed by atoms with Gasteiger partial charge >= 0.3 is 0 Å². The summed E-state index contributed by atoms with van der Waals surface area (Å²) in [6.45, 7) is 4.97. The lowest BCUT2D eigenvalue weighted by molar-refractivity contribution is 0.0956. The molecule has 3 heteroatoms. The van der Waals surface area contributed by atoms with Gasteiger partial charge in [-0.25, -0.2) is 0 Å². The van der Waals surface area contributed by atoms with Crippen LogP contribution in [0, 0.1) is 0 Å². The van der Waals surface area contributed by atoms with E-state index in [1.54, 1.807) is 0 Å². The largest absolute Gasteiger partial charge is 0.329 e. The molecule has 2 rings (SSSR count). The second kappa shape index (κ2) is 5.61. The van der Waals surface area contributed by atoms with Crippen molar-refractivity contribution < 1.29 is 0 Å². The fourth-order valence-corrected chi connectivity index (χ4v) is 2.98. The third-order valence-corrected chi connectivity index (χ3v) is 4.05. The molecule has 1 heterocycles. The molecule has 1 aromatic heterocycles. The molecule has 1 aliphatic carbocycles. The fourth-order valence-electron chi connectivity index (χ4n) is 2.98. The third-order valence-electron chi connectivity index (χ3n) is 4.05. The van der Waals surface area contributed by atoms with Crippen LogP contribution in [0.25, 0.3) is 0 Å². The summed E-state index contributed by atoms with van der Waals surface area (Å²) in [6.07, 6.45) is 6.98. The third kappa shape index (κ3) is 2.67. The van der Waals surface area contributed by atoms with E-state index in [1.165, 1.54) is 25.7 Å². The maximum absolute atomic E-state index is 6.04. The highest BCUT2D eigenvalue weighted by molar-refractivity contribution is 5.05. The second-order valence-corrected chi connectivity index (χ2v) is 4.97. The first kappa shape index (κ1) is 12.5. The van der Waals surface area contributed by atoms with E-state index in [1.807, 2.05) is 12.3 Å². The fraction of sp³-hybridized carbons (Fsp3) is 0.643. The summed E-state index contributed by atoms with van der Waals surface area (Å²) in [6, 6.07) is 6.12. The van der Waals surface area contributed by atoms with Crippen molar-refractivity contribution in [2.45, 2.75) is 44.7 Å². The summed E-state index contributed by atoms with van der Waals surface area (Å²) in [7, 11) is 0. The number of hydrogen-bond acceptors (Lipinski definition) is 3. The first-order chi connectivity index (χ1) is 8.30. The molecule has 1 aliphatic rings. The van der Waals surface area contributed by atoms with Crippen LogP contribution in [0.3, 0.4) is 0 Å². The summed E-state index contributed by atoms with van der Waals surface area (Å²) >= 11 is 0. The average Bonchev–Trinajstić information content (AvgIpc) is 2.87. The van der Waals surface area contributed by atoms with E-state index in [9.17, 15) is 0 Å². The van der Waals surface area contributed by atoms with Crippen LogP contribution in [0.4, 0.5) is 0 Å². The molecule has 0 atom stereocenters. The molecular formula is C14H23N3. The highest BCUT2D eigenvalue weighted by atomic mass is 15.2. The molecule has 0 amide bonds. The van der Waals surface area contributed by atoms with Gasteiger partial charge in [-0.15, -0.1) is 0 Å². The van der Waals surface area contributed by atoms with Crippen LogP contribution in [0.15, 0.2) is 24.4 Å². The molecule has 0 bridgehead atoms. The molecular weight excluding hydrogens is 210 g/mol. The zero-order valence-corrected chi connectivity index (χ0v) is 10.7. The standard InChI is InChI=1S/C14H23N3/c1-2-17(11-13-7-3-6-10-16-13)14(12-15)8-4-5-9-14/h3,6-7,10H,2,4-5,8-9,11-12,15H2,1H3. The molecule has 0 aromatic carbocycles. The molecule has 0 radical (unpaired) electrons. The van der Waals surface area contributed by atoms with E-state index in [0.717, 1.165) is 25.3 Å². The smallest absolute Gasteiger partial charge is 0.0544 e. The molecule has 3 nitrogen and oxygen atoms in total. The van der Waals surface area contributed by atoms with Gasteiger partial charge in [0.15, 0.2) is 0 Å². The van der Waals surface area contributed by atoms with E-state index in [-0.39, 0.29) is 5.54 Å². The Balaban J connectivity index is 2.10. The molecule has 0 spiro atoms. The van der Waals surface area contributed by atoms with Crippen molar-refractivity contribution in [1.29, 1.82) is 0 Å². The number of hydrogen-bond donors (Lipinski definition) is 1. The number of nitrogens with two attached hydrogens (primary N) is 1. The van der Waals surface area contributed by atoms with Crippen molar-refractivity contribution in [3.63, 3.8) is 0 Å². The van der Waals surface area contributed by atoms with E-state index in [4.69, 9.17) is 5.73 Å². The minimum Gasteiger partial charge on any atom is -0.329 e. The van der Waals surface area contributed by atoms with Crippen LogP contribution in [0.5, 0.6) is 0 Å². The highest BCUT2D eigenvalue weighted by Gasteiger charge is 2.37. The van der Waals surface area contributed by atoms with Crippen molar-refractivity contribution in [2.24, 2.45) is 5.73 Å². The number of rotatable bonds is 5. The van der Waals surface area contributed by atoms with Crippen molar-refractivity contribution in [2.75, 3.05) is 13.1 Å². The molecule has 1 fully saturated rings. The van der Waals surface area contributed by atoms with Gasteiger partial charge in [0, 0.05) is 24.8 Å². The predicted molar refractivity (Wildman–Crippen MR) is 70.6 cm³/mol. The van der Waals surface area contributed by atoms with Crippen LogP contribution >= 0.6 is 0 Å². The molecule has 17 heavy (non-hydrogen) atoms. The van der Waals surface area contributed by atoms with Crippen LogP contribution in [0.1, 0.15) is 38.3 Å². The van der Waals surface area contributed by atoms with Crippen molar-refractivity contribution >= 4 is 0 Å². The first-order valence-corrected chi connectivity index (χ1v) is 6.66. The number of likely N-dealkylation sites (N-methyl/N-ethyl adjacent to an activating group) is 1. The lowest BCUT2D eigenvalue weighted by Crippen LogP contribution is -2.51. The lowest BCUT2D eigenvalue weighted by atomic mass is 9.95. The zero-order chi connectivity index (χ0) is 12.1. The quantitative estimate of drug-likeness (QED) is 0.847. The normalized spacial score (nSPS) is 18.8. The van der Waals surface area contributed by atoms with Crippen LogP contribution in [-0.4, -0.2) is 28.5 Å². The molecule has 1 aromatic rings. The van der Waals surface area contributed by atoms with Gasteiger partial charge in [-0.05, 0) is 31.5 Å². The molecule has 0 unspecified atom stereocenters. The Morgan fingerprint density at radius 1 is 1.35 bits per heavy atom. The summed E-state index contributed by atoms with van der Waals surface area (Å²) in [5.41, 5.74) is 7.41. The van der Waals surface area contributed by atoms with Gasteiger partial charge in [0.2, 0.25) is 0 Å². The van der Waals surface area contributed by atoms with Gasteiger partial charge in [-0.2, -0.15) is 0 Å². The highest BCUT2D eigenvalue weighted by Crippen LogP contribution is 2.35. The lowest BCUT2D eigenvalue weighted by Gasteiger charge is -2.40. The van der Waals surface area contributed by atoms with Crippen molar-refractivity contribution in [3.8, 4) is 0 Å². The van der Waals surface area contributed by atoms with Gasteiger partial charge in [-0.3, -0.25) is 9.88 Å². The molecule has 1 saturated carbocycles. The summed E-state index contributed by atoms with van der Waals surface area (Å²) in [5, 5.41) is 0. The van der Waals surface area contributed by atoms with E-state index in [0.29, 0.717) is 0 Å². The van der Waals surface area contributed by atoms with Gasteiger partial charge in [-0.1, -0.05) is 25.8 Å². The van der Waals surface area contributed by atoms with Crippen molar-refractivity contribution in [1.82, 2.24) is 9.88 Å². The summed E-state index contributed by atoms with van der Waals surface area (Å²) in [4.78, 5) is 6.94. The Kier molecular flexibility index (Phi) is 4.13. The Morgan fingerprint density at radius 2 is 2.12 bits per heavy atom. The molecule has 2 N–H and O–H groups in total. The van der Waals surface area contributed by atoms with Gasteiger partial charge in [0.05, 0.1) is 5.69 Å². The maximum Gasteiger partial charge on any atom is 0.0544 e. The number of pyridine rings is 1. The second-order valence-electron chi connectivity index (χ2n) is 4.97. The Morgan fingerprint density at radius 3 is 2.65 bits per heavy atom. The first-order valence-electron chi connectivity index (χ1n) is 6.66. The predicted octanol–water partition coefficient (Wildman–Crippen LogP) is 2.17. The van der Waals surface area contributed by atoms with Crippen molar-refractivity contribution in [3.05, 3.63) is 30.1 Å². The molecule has 0 aliphatic heterocycles. The van der Waals surface area contributed by atoms with Gasteiger partial charge in [0.1, 0.15) is 0 Å². The topological polar surface area (TPSA) is 42.2 Å². The van der Waals surface area contributed by atoms with E-state index in [2.05, 4.69) is 28.9 Å². The van der Waals surface area contributed by atoms with Crippen LogP contribution < -0.4 is 5.73 Å². The Bertz CT molecular complexity index is 331. The summed E-state index contributed by atoms with van der Waals surface area (Å²) < 4.78 is 0. The minimum absolute atomic E-state index is 0.228. The average molecular weight is 233 g/mol. The Hall–Kier alpha value is -0.930. The van der Waals surface area contributed by atoms with Gasteiger partial charge in [0.25, 0.3) is 0 Å². The van der Waals surface area contributed by atoms with Crippen LogP contribution in [0.2, 0.25) is 0 Å². The van der Waals surface area contributed by atoms with E-state index >= 15 is 0 Å². The number of nitrogens with zero attached hydrogens (tertiary/aromatic N) is 2. The minimum atomic E-state index is 0.228. The van der Waals surface area contributed by atoms with Gasteiger partial charge < -0.3 is 5.73 Å². The molecule has 94 valence electrons.